The van der Waals surface area contributed by atoms with Crippen molar-refractivity contribution in [2.24, 2.45) is 0 Å². The van der Waals surface area contributed by atoms with Crippen molar-refractivity contribution >= 4 is 52.6 Å². The van der Waals surface area contributed by atoms with Crippen molar-refractivity contribution in [2.45, 2.75) is 6.16 Å². The summed E-state index contributed by atoms with van der Waals surface area (Å²) in [6.07, 6.45) is 0.793. The fourth-order valence-corrected chi connectivity index (χ4v) is 12.7. The molecular formula is C26H21Br2O2P. The predicted molar refractivity (Wildman–Crippen MR) is 138 cm³/mol. The molecule has 0 radical (unpaired) electrons. The standard InChI is InChI=1S/C26H21Br2O2P/c27-24-17-26-25(29-19-30-26)16-20(24)18-31(28,21-10-4-1-5-11-21,22-12-6-2-7-13-22)23-14-8-3-9-15-23/h1-17H,18-19H2. The van der Waals surface area contributed by atoms with Gasteiger partial charge in [-0.2, -0.15) is 0 Å². The molecule has 0 bridgehead atoms. The van der Waals surface area contributed by atoms with E-state index in [4.69, 9.17) is 9.47 Å². The summed E-state index contributed by atoms with van der Waals surface area (Å²) in [5, 5.41) is 0.800. The van der Waals surface area contributed by atoms with E-state index in [1.165, 1.54) is 21.5 Å². The number of benzene rings is 4. The van der Waals surface area contributed by atoms with Crippen molar-refractivity contribution in [3.05, 3.63) is 113 Å². The quantitative estimate of drug-likeness (QED) is 0.261. The number of fused-ring (bicyclic) bond motifs is 1. The van der Waals surface area contributed by atoms with Gasteiger partial charge < -0.3 is 0 Å². The van der Waals surface area contributed by atoms with Crippen LogP contribution in [0.15, 0.2) is 108 Å². The van der Waals surface area contributed by atoms with Crippen LogP contribution >= 0.6 is 36.7 Å². The maximum atomic E-state index is 5.71. The molecule has 1 aliphatic rings. The van der Waals surface area contributed by atoms with Crippen LogP contribution in [0.5, 0.6) is 11.5 Å². The summed E-state index contributed by atoms with van der Waals surface area (Å²) >= 11 is 8.32. The molecule has 0 N–H and O–H groups in total. The molecular weight excluding hydrogens is 535 g/mol. The molecule has 4 aromatic carbocycles. The third-order valence-corrected chi connectivity index (χ3v) is 16.1. The van der Waals surface area contributed by atoms with E-state index in [0.29, 0.717) is 0 Å². The van der Waals surface area contributed by atoms with E-state index in [9.17, 15) is 0 Å². The zero-order chi connectivity index (χ0) is 21.3. The minimum atomic E-state index is -3.06. The summed E-state index contributed by atoms with van der Waals surface area (Å²) in [4.78, 5) is 0. The monoisotopic (exact) mass is 554 g/mol. The second-order valence-electron chi connectivity index (χ2n) is 7.64. The molecule has 0 saturated carbocycles. The second-order valence-corrected chi connectivity index (χ2v) is 17.4. The van der Waals surface area contributed by atoms with Gasteiger partial charge in [0, 0.05) is 0 Å². The van der Waals surface area contributed by atoms with Crippen LogP contribution in [0.25, 0.3) is 0 Å². The van der Waals surface area contributed by atoms with Gasteiger partial charge in [0.1, 0.15) is 0 Å². The summed E-state index contributed by atoms with van der Waals surface area (Å²) in [5.74, 6) is 1.58. The Morgan fingerprint density at radius 1 is 0.645 bits per heavy atom. The second kappa shape index (κ2) is 8.09. The Morgan fingerprint density at radius 3 is 1.52 bits per heavy atom. The Labute approximate surface area is 199 Å². The number of hydrogen-bond acceptors (Lipinski definition) is 2. The first-order valence-corrected chi connectivity index (χ1v) is 15.3. The van der Waals surface area contributed by atoms with Gasteiger partial charge >= 0.3 is 200 Å². The zero-order valence-electron chi connectivity index (χ0n) is 16.7. The summed E-state index contributed by atoms with van der Waals surface area (Å²) in [7, 11) is 0. The summed E-state index contributed by atoms with van der Waals surface area (Å²) in [5.41, 5.74) is 1.18. The number of ether oxygens (including phenoxy) is 2. The van der Waals surface area contributed by atoms with Crippen LogP contribution in [-0.4, -0.2) is 6.79 Å². The number of rotatable bonds is 5. The summed E-state index contributed by atoms with van der Waals surface area (Å²) in [6, 6.07) is 36.6. The Hall–Kier alpha value is -2.13. The molecule has 1 aliphatic heterocycles. The van der Waals surface area contributed by atoms with Crippen molar-refractivity contribution < 1.29 is 9.47 Å². The SMILES string of the molecule is Brc1cc2c(cc1CP(Br)(c1ccccc1)(c1ccccc1)c1ccccc1)OCO2. The Bertz CT molecular complexity index is 1110. The average Bonchev–Trinajstić information content (AvgIpc) is 3.28. The van der Waals surface area contributed by atoms with Gasteiger partial charge in [0.25, 0.3) is 0 Å². The van der Waals surface area contributed by atoms with Gasteiger partial charge in [-0.15, -0.1) is 0 Å². The first kappa shape index (κ1) is 20.8. The normalized spacial score (nSPS) is 14.1. The van der Waals surface area contributed by atoms with Crippen molar-refractivity contribution in [3.8, 4) is 11.5 Å². The van der Waals surface area contributed by atoms with Gasteiger partial charge in [-0.1, -0.05) is 0 Å². The van der Waals surface area contributed by atoms with Crippen molar-refractivity contribution in [1.29, 1.82) is 0 Å². The molecule has 4 aromatic rings. The summed E-state index contributed by atoms with van der Waals surface area (Å²) in [6.45, 7) is 0.263. The van der Waals surface area contributed by atoms with E-state index >= 15 is 0 Å². The molecule has 0 atom stereocenters. The first-order valence-electron chi connectivity index (χ1n) is 10.1. The molecule has 0 spiro atoms. The number of hydrogen-bond donors (Lipinski definition) is 0. The molecule has 0 aromatic heterocycles. The van der Waals surface area contributed by atoms with Crippen molar-refractivity contribution in [1.82, 2.24) is 0 Å². The maximum absolute atomic E-state index is 5.71. The Morgan fingerprint density at radius 2 is 1.06 bits per heavy atom. The fraction of sp³-hybridized carbons (Fsp3) is 0.0769. The third kappa shape index (κ3) is 3.42. The van der Waals surface area contributed by atoms with Crippen LogP contribution in [-0.2, 0) is 6.16 Å². The zero-order valence-corrected chi connectivity index (χ0v) is 20.8. The van der Waals surface area contributed by atoms with Crippen LogP contribution in [0.4, 0.5) is 0 Å². The van der Waals surface area contributed by atoms with Gasteiger partial charge in [-0.25, -0.2) is 0 Å². The topological polar surface area (TPSA) is 18.5 Å². The van der Waals surface area contributed by atoms with E-state index < -0.39 is 5.31 Å². The van der Waals surface area contributed by atoms with Gasteiger partial charge in [0.2, 0.25) is 0 Å². The van der Waals surface area contributed by atoms with E-state index in [1.807, 2.05) is 6.07 Å². The van der Waals surface area contributed by atoms with E-state index in [0.717, 1.165) is 22.1 Å². The van der Waals surface area contributed by atoms with Crippen LogP contribution in [0.3, 0.4) is 0 Å². The molecule has 1 heterocycles. The van der Waals surface area contributed by atoms with E-state index in [2.05, 4.69) is 128 Å². The molecule has 0 saturated heterocycles. The van der Waals surface area contributed by atoms with Gasteiger partial charge in [0.15, 0.2) is 0 Å². The molecule has 2 nitrogen and oxygen atoms in total. The van der Waals surface area contributed by atoms with Gasteiger partial charge in [0.05, 0.1) is 0 Å². The third-order valence-electron chi connectivity index (χ3n) is 5.89. The molecule has 31 heavy (non-hydrogen) atoms. The van der Waals surface area contributed by atoms with Gasteiger partial charge in [-0.3, -0.25) is 0 Å². The minimum absolute atomic E-state index is 0.263. The molecule has 156 valence electrons. The first-order chi connectivity index (χ1) is 15.1. The number of halogens is 2. The summed E-state index contributed by atoms with van der Waals surface area (Å²) < 4.78 is 12.3. The molecule has 0 amide bonds. The Balaban J connectivity index is 1.83. The van der Waals surface area contributed by atoms with E-state index in [-0.39, 0.29) is 6.79 Å². The van der Waals surface area contributed by atoms with E-state index in [1.54, 1.807) is 0 Å². The molecule has 0 unspecified atom stereocenters. The van der Waals surface area contributed by atoms with Crippen LogP contribution < -0.4 is 25.4 Å². The van der Waals surface area contributed by atoms with Crippen LogP contribution in [0.1, 0.15) is 5.56 Å². The van der Waals surface area contributed by atoms with Crippen molar-refractivity contribution in [3.63, 3.8) is 0 Å². The molecule has 5 rings (SSSR count). The van der Waals surface area contributed by atoms with Crippen molar-refractivity contribution in [2.75, 3.05) is 6.79 Å². The molecule has 0 fully saturated rings. The predicted octanol–water partition coefficient (Wildman–Crippen LogP) is 6.52. The fourth-order valence-electron chi connectivity index (χ4n) is 4.34. The Kier molecular flexibility index (Phi) is 5.42. The average molecular weight is 556 g/mol. The van der Waals surface area contributed by atoms with Crippen LogP contribution in [0.2, 0.25) is 0 Å². The molecule has 5 heteroatoms. The molecule has 0 aliphatic carbocycles. The van der Waals surface area contributed by atoms with Crippen LogP contribution in [0, 0.1) is 0 Å². The van der Waals surface area contributed by atoms with Gasteiger partial charge in [-0.05, 0) is 0 Å².